The van der Waals surface area contributed by atoms with Gasteiger partial charge in [0.15, 0.2) is 0 Å². The van der Waals surface area contributed by atoms with Crippen molar-refractivity contribution in [3.05, 3.63) is 46.7 Å². The first-order valence-corrected chi connectivity index (χ1v) is 9.25. The molecule has 0 saturated carbocycles. The highest BCUT2D eigenvalue weighted by Crippen LogP contribution is 2.22. The fourth-order valence-corrected chi connectivity index (χ4v) is 3.34. The molecule has 0 radical (unpaired) electrons. The van der Waals surface area contributed by atoms with Crippen molar-refractivity contribution in [2.24, 2.45) is 0 Å². The lowest BCUT2D eigenvalue weighted by Gasteiger charge is -2.19. The number of hydrogen-bond donors (Lipinski definition) is 1. The number of nitrogens with zero attached hydrogens (tertiary/aromatic N) is 4. The molecule has 0 aliphatic heterocycles. The second-order valence-corrected chi connectivity index (χ2v) is 8.14. The summed E-state index contributed by atoms with van der Waals surface area (Å²) in [5, 5.41) is 16.0. The number of aryl methyl sites for hydroxylation is 1. The van der Waals surface area contributed by atoms with E-state index in [-0.39, 0.29) is 11.3 Å². The number of rotatable bonds is 6. The van der Waals surface area contributed by atoms with Crippen molar-refractivity contribution in [2.75, 3.05) is 6.54 Å². The Hall–Kier alpha value is -2.28. The van der Waals surface area contributed by atoms with Crippen LogP contribution in [-0.2, 0) is 23.1 Å². The van der Waals surface area contributed by atoms with Crippen LogP contribution in [0.2, 0.25) is 0 Å². The first-order chi connectivity index (χ1) is 11.9. The molecule has 0 saturated heterocycles. The SMILES string of the molecule is CC(C)(C)c1ccc(CCC(=O)NCCc2nn3cnnc3s2)cc1. The Kier molecular flexibility index (Phi) is 5.13. The first-order valence-electron chi connectivity index (χ1n) is 8.44. The van der Waals surface area contributed by atoms with Crippen LogP contribution in [0.4, 0.5) is 0 Å². The molecule has 1 amide bonds. The summed E-state index contributed by atoms with van der Waals surface area (Å²) < 4.78 is 1.66. The molecule has 6 nitrogen and oxygen atoms in total. The number of aromatic nitrogens is 4. The maximum absolute atomic E-state index is 12.0. The molecule has 3 rings (SSSR count). The minimum atomic E-state index is 0.0721. The summed E-state index contributed by atoms with van der Waals surface area (Å²) in [7, 11) is 0. The van der Waals surface area contributed by atoms with Gasteiger partial charge in [-0.15, -0.1) is 10.2 Å². The zero-order chi connectivity index (χ0) is 17.9. The largest absolute Gasteiger partial charge is 0.356 e. The Morgan fingerprint density at radius 3 is 2.64 bits per heavy atom. The zero-order valence-electron chi connectivity index (χ0n) is 14.8. The summed E-state index contributed by atoms with van der Waals surface area (Å²) in [6, 6.07) is 8.54. The average Bonchev–Trinajstić information content (AvgIpc) is 3.14. The molecular formula is C18H23N5OS. The number of fused-ring (bicyclic) bond motifs is 1. The molecule has 0 unspecified atom stereocenters. The zero-order valence-corrected chi connectivity index (χ0v) is 15.6. The van der Waals surface area contributed by atoms with Gasteiger partial charge in [-0.25, -0.2) is 0 Å². The Morgan fingerprint density at radius 1 is 1.20 bits per heavy atom. The summed E-state index contributed by atoms with van der Waals surface area (Å²) in [5.41, 5.74) is 2.66. The second-order valence-electron chi connectivity index (χ2n) is 7.10. The van der Waals surface area contributed by atoms with E-state index in [0.29, 0.717) is 19.4 Å². The first kappa shape index (κ1) is 17.5. The fraction of sp³-hybridized carbons (Fsp3) is 0.444. The molecule has 0 bridgehead atoms. The standard InChI is InChI=1S/C18H23N5OS/c1-18(2,3)14-7-4-13(5-8-14)6-9-15(24)19-11-10-16-22-23-12-20-21-17(23)25-16/h4-5,7-8,12H,6,9-11H2,1-3H3,(H,19,24). The molecule has 2 aromatic heterocycles. The van der Waals surface area contributed by atoms with E-state index in [1.807, 2.05) is 0 Å². The maximum atomic E-state index is 12.0. The number of nitrogens with one attached hydrogen (secondary N) is 1. The maximum Gasteiger partial charge on any atom is 0.234 e. The molecule has 0 spiro atoms. The van der Waals surface area contributed by atoms with E-state index in [1.165, 1.54) is 22.5 Å². The number of hydrogen-bond acceptors (Lipinski definition) is 5. The van der Waals surface area contributed by atoms with Crippen LogP contribution >= 0.6 is 11.3 Å². The molecule has 0 aliphatic carbocycles. The Bertz CT molecular complexity index is 816. The predicted octanol–water partition coefficient (Wildman–Crippen LogP) is 2.77. The van der Waals surface area contributed by atoms with E-state index in [1.54, 1.807) is 10.8 Å². The lowest BCUT2D eigenvalue weighted by molar-refractivity contribution is -0.121. The van der Waals surface area contributed by atoms with Gasteiger partial charge in [-0.3, -0.25) is 4.79 Å². The average molecular weight is 357 g/mol. The molecule has 7 heteroatoms. The molecule has 0 atom stereocenters. The topological polar surface area (TPSA) is 72.2 Å². The van der Waals surface area contributed by atoms with Gasteiger partial charge in [-0.2, -0.15) is 9.61 Å². The molecule has 0 aliphatic rings. The molecule has 0 fully saturated rings. The number of benzene rings is 1. The summed E-state index contributed by atoms with van der Waals surface area (Å²) in [4.78, 5) is 12.8. The van der Waals surface area contributed by atoms with Gasteiger partial charge in [-0.1, -0.05) is 56.4 Å². The van der Waals surface area contributed by atoms with Crippen molar-refractivity contribution < 1.29 is 4.79 Å². The van der Waals surface area contributed by atoms with Gasteiger partial charge in [0, 0.05) is 19.4 Å². The van der Waals surface area contributed by atoms with Crippen molar-refractivity contribution in [3.8, 4) is 0 Å². The number of carbonyl (C=O) groups excluding carboxylic acids is 1. The third-order valence-electron chi connectivity index (χ3n) is 4.05. The van der Waals surface area contributed by atoms with Crippen molar-refractivity contribution in [1.82, 2.24) is 25.1 Å². The van der Waals surface area contributed by atoms with Crippen molar-refractivity contribution in [3.63, 3.8) is 0 Å². The molecule has 3 aromatic rings. The molecule has 1 aromatic carbocycles. The van der Waals surface area contributed by atoms with Crippen LogP contribution in [0.1, 0.15) is 43.3 Å². The minimum Gasteiger partial charge on any atom is -0.356 e. The van der Waals surface area contributed by atoms with E-state index in [4.69, 9.17) is 0 Å². The Balaban J connectivity index is 1.41. The van der Waals surface area contributed by atoms with Crippen LogP contribution in [0.5, 0.6) is 0 Å². The molecule has 2 heterocycles. The van der Waals surface area contributed by atoms with Crippen LogP contribution in [0.3, 0.4) is 0 Å². The fourth-order valence-electron chi connectivity index (χ4n) is 2.53. The number of amides is 1. The van der Waals surface area contributed by atoms with Crippen LogP contribution in [0.15, 0.2) is 30.6 Å². The highest BCUT2D eigenvalue weighted by Gasteiger charge is 2.13. The van der Waals surface area contributed by atoms with Gasteiger partial charge in [0.25, 0.3) is 0 Å². The summed E-state index contributed by atoms with van der Waals surface area (Å²) >= 11 is 1.50. The highest BCUT2D eigenvalue weighted by atomic mass is 32.1. The quantitative estimate of drug-likeness (QED) is 0.736. The van der Waals surface area contributed by atoms with E-state index in [2.05, 4.69) is 65.6 Å². The van der Waals surface area contributed by atoms with Crippen molar-refractivity contribution in [2.45, 2.75) is 45.4 Å². The van der Waals surface area contributed by atoms with Crippen LogP contribution < -0.4 is 5.32 Å². The monoisotopic (exact) mass is 357 g/mol. The summed E-state index contributed by atoms with van der Waals surface area (Å²) in [6.07, 6.45) is 3.55. The normalized spacial score (nSPS) is 11.8. The lowest BCUT2D eigenvalue weighted by Crippen LogP contribution is -2.25. The van der Waals surface area contributed by atoms with Gasteiger partial charge >= 0.3 is 0 Å². The van der Waals surface area contributed by atoms with E-state index >= 15 is 0 Å². The van der Waals surface area contributed by atoms with Crippen LogP contribution in [0, 0.1) is 0 Å². The van der Waals surface area contributed by atoms with Crippen molar-refractivity contribution in [1.29, 1.82) is 0 Å². The smallest absolute Gasteiger partial charge is 0.234 e. The summed E-state index contributed by atoms with van der Waals surface area (Å²) in [5.74, 6) is 0.0721. The lowest BCUT2D eigenvalue weighted by atomic mass is 9.86. The Labute approximate surface area is 151 Å². The van der Waals surface area contributed by atoms with Gasteiger partial charge in [0.1, 0.15) is 11.3 Å². The third-order valence-corrected chi connectivity index (χ3v) is 5.02. The van der Waals surface area contributed by atoms with Gasteiger partial charge in [-0.05, 0) is 23.0 Å². The third kappa shape index (κ3) is 4.63. The molecule has 25 heavy (non-hydrogen) atoms. The van der Waals surface area contributed by atoms with E-state index < -0.39 is 0 Å². The van der Waals surface area contributed by atoms with E-state index in [0.717, 1.165) is 16.4 Å². The van der Waals surface area contributed by atoms with Gasteiger partial charge in [0.2, 0.25) is 10.9 Å². The van der Waals surface area contributed by atoms with Crippen LogP contribution in [-0.4, -0.2) is 32.3 Å². The summed E-state index contributed by atoms with van der Waals surface area (Å²) in [6.45, 7) is 7.19. The van der Waals surface area contributed by atoms with Crippen LogP contribution in [0.25, 0.3) is 4.96 Å². The number of carbonyl (C=O) groups is 1. The molecular weight excluding hydrogens is 334 g/mol. The second kappa shape index (κ2) is 7.31. The van der Waals surface area contributed by atoms with Gasteiger partial charge < -0.3 is 5.32 Å². The van der Waals surface area contributed by atoms with Gasteiger partial charge in [0.05, 0.1) is 0 Å². The predicted molar refractivity (Wildman–Crippen MR) is 98.8 cm³/mol. The van der Waals surface area contributed by atoms with E-state index in [9.17, 15) is 4.79 Å². The highest BCUT2D eigenvalue weighted by molar-refractivity contribution is 7.16. The Morgan fingerprint density at radius 2 is 1.96 bits per heavy atom. The molecule has 1 N–H and O–H groups in total. The minimum absolute atomic E-state index is 0.0721. The molecule has 132 valence electrons. The van der Waals surface area contributed by atoms with Crippen molar-refractivity contribution >= 4 is 22.2 Å².